The second kappa shape index (κ2) is 2.51. The molecule has 10 heavy (non-hydrogen) atoms. The molecule has 1 rings (SSSR count). The van der Waals surface area contributed by atoms with Gasteiger partial charge in [-0.3, -0.25) is 0 Å². The van der Waals surface area contributed by atoms with Gasteiger partial charge in [-0.1, -0.05) is 6.92 Å². The van der Waals surface area contributed by atoms with Crippen LogP contribution in [0.1, 0.15) is 27.2 Å². The Morgan fingerprint density at radius 1 is 1.50 bits per heavy atom. The van der Waals surface area contributed by atoms with Gasteiger partial charge in [-0.15, -0.1) is 0 Å². The Balaban J connectivity index is 2.55. The van der Waals surface area contributed by atoms with Gasteiger partial charge in [0, 0.05) is 6.04 Å². The molecule has 0 unspecified atom stereocenters. The molecule has 2 nitrogen and oxygen atoms in total. The number of hydrogen-bond donors (Lipinski definition) is 2. The van der Waals surface area contributed by atoms with Crippen LogP contribution in [0.25, 0.3) is 0 Å². The summed E-state index contributed by atoms with van der Waals surface area (Å²) in [5, 5.41) is 12.9. The zero-order chi connectivity index (χ0) is 7.78. The predicted octanol–water partition coefficient (Wildman–Crippen LogP) is 0.755. The normalized spacial score (nSPS) is 34.8. The highest BCUT2D eigenvalue weighted by Gasteiger charge is 2.34. The van der Waals surface area contributed by atoms with Crippen LogP contribution in [0, 0.1) is 5.92 Å². The summed E-state index contributed by atoms with van der Waals surface area (Å²) in [6.45, 7) is 6.97. The summed E-state index contributed by atoms with van der Waals surface area (Å²) >= 11 is 0. The molecule has 1 aliphatic rings. The molecule has 1 heterocycles. The molecule has 2 atom stereocenters. The minimum atomic E-state index is -0.560. The molecule has 60 valence electrons. The third kappa shape index (κ3) is 1.50. The van der Waals surface area contributed by atoms with Crippen molar-refractivity contribution in [2.24, 2.45) is 5.92 Å². The molecule has 0 bridgehead atoms. The standard InChI is InChI=1S/C8H17NO/c1-6-4-5-9-7(6)8(2,3)10/h6-7,9-10H,4-5H2,1-3H3/t6-,7+/m0/s1. The van der Waals surface area contributed by atoms with Crippen molar-refractivity contribution < 1.29 is 5.11 Å². The average molecular weight is 143 g/mol. The first-order chi connectivity index (χ1) is 4.52. The van der Waals surface area contributed by atoms with Crippen molar-refractivity contribution in [2.75, 3.05) is 6.54 Å². The fourth-order valence-corrected chi connectivity index (χ4v) is 1.78. The molecule has 0 aromatic carbocycles. The van der Waals surface area contributed by atoms with Crippen molar-refractivity contribution in [2.45, 2.75) is 38.8 Å². The summed E-state index contributed by atoms with van der Waals surface area (Å²) in [6.07, 6.45) is 1.19. The summed E-state index contributed by atoms with van der Waals surface area (Å²) in [6, 6.07) is 0.285. The lowest BCUT2D eigenvalue weighted by molar-refractivity contribution is 0.0313. The van der Waals surface area contributed by atoms with E-state index in [0.717, 1.165) is 6.54 Å². The van der Waals surface area contributed by atoms with Gasteiger partial charge in [-0.25, -0.2) is 0 Å². The highest BCUT2D eigenvalue weighted by atomic mass is 16.3. The van der Waals surface area contributed by atoms with Gasteiger partial charge >= 0.3 is 0 Å². The van der Waals surface area contributed by atoms with Crippen molar-refractivity contribution in [3.63, 3.8) is 0 Å². The Labute approximate surface area is 62.6 Å². The molecule has 2 N–H and O–H groups in total. The average Bonchev–Trinajstić information content (AvgIpc) is 2.11. The fourth-order valence-electron chi connectivity index (χ4n) is 1.78. The summed E-state index contributed by atoms with van der Waals surface area (Å²) in [5.74, 6) is 0.611. The topological polar surface area (TPSA) is 32.3 Å². The van der Waals surface area contributed by atoms with Gasteiger partial charge in [-0.05, 0) is 32.7 Å². The van der Waals surface area contributed by atoms with Crippen molar-refractivity contribution in [3.05, 3.63) is 0 Å². The molecule has 1 fully saturated rings. The molecule has 0 spiro atoms. The molecule has 1 aliphatic heterocycles. The van der Waals surface area contributed by atoms with E-state index in [1.54, 1.807) is 0 Å². The molecule has 0 amide bonds. The number of hydrogen-bond acceptors (Lipinski definition) is 2. The minimum absolute atomic E-state index is 0.285. The summed E-state index contributed by atoms with van der Waals surface area (Å²) < 4.78 is 0. The molecule has 0 aromatic heterocycles. The van der Waals surface area contributed by atoms with E-state index in [9.17, 15) is 5.11 Å². The van der Waals surface area contributed by atoms with Crippen LogP contribution < -0.4 is 5.32 Å². The lowest BCUT2D eigenvalue weighted by Gasteiger charge is -2.28. The smallest absolute Gasteiger partial charge is 0.0746 e. The van der Waals surface area contributed by atoms with Crippen molar-refractivity contribution >= 4 is 0 Å². The highest BCUT2D eigenvalue weighted by Crippen LogP contribution is 2.23. The van der Waals surface area contributed by atoms with Crippen LogP contribution in [-0.2, 0) is 0 Å². The Morgan fingerprint density at radius 2 is 2.10 bits per heavy atom. The van der Waals surface area contributed by atoms with E-state index in [0.29, 0.717) is 5.92 Å². The first-order valence-electron chi connectivity index (χ1n) is 3.97. The quantitative estimate of drug-likeness (QED) is 0.568. The SMILES string of the molecule is C[C@H]1CCN[C@H]1C(C)(C)O. The van der Waals surface area contributed by atoms with Gasteiger partial charge in [0.2, 0.25) is 0 Å². The molecular weight excluding hydrogens is 126 g/mol. The van der Waals surface area contributed by atoms with Crippen LogP contribution in [0.15, 0.2) is 0 Å². The van der Waals surface area contributed by atoms with Crippen molar-refractivity contribution in [3.8, 4) is 0 Å². The molecule has 1 saturated heterocycles. The lowest BCUT2D eigenvalue weighted by atomic mass is 9.90. The maximum atomic E-state index is 9.63. The number of nitrogens with one attached hydrogen (secondary N) is 1. The summed E-state index contributed by atoms with van der Waals surface area (Å²) in [5.41, 5.74) is -0.560. The zero-order valence-corrected chi connectivity index (χ0v) is 7.02. The van der Waals surface area contributed by atoms with Crippen LogP contribution in [0.4, 0.5) is 0 Å². The van der Waals surface area contributed by atoms with Gasteiger partial charge in [0.05, 0.1) is 5.60 Å². The molecular formula is C8H17NO. The van der Waals surface area contributed by atoms with E-state index in [-0.39, 0.29) is 6.04 Å². The molecule has 0 saturated carbocycles. The number of rotatable bonds is 1. The van der Waals surface area contributed by atoms with Gasteiger partial charge in [0.1, 0.15) is 0 Å². The molecule has 2 heteroatoms. The number of aliphatic hydroxyl groups is 1. The maximum absolute atomic E-state index is 9.63. The third-order valence-electron chi connectivity index (χ3n) is 2.29. The Kier molecular flexibility index (Phi) is 2.02. The minimum Gasteiger partial charge on any atom is -0.389 e. The second-order valence-electron chi connectivity index (χ2n) is 3.85. The van der Waals surface area contributed by atoms with E-state index in [1.165, 1.54) is 6.42 Å². The Bertz CT molecular complexity index is 117. The van der Waals surface area contributed by atoms with Gasteiger partial charge in [-0.2, -0.15) is 0 Å². The van der Waals surface area contributed by atoms with E-state index in [4.69, 9.17) is 0 Å². The van der Waals surface area contributed by atoms with E-state index in [2.05, 4.69) is 12.2 Å². The van der Waals surface area contributed by atoms with Gasteiger partial charge < -0.3 is 10.4 Å². The summed E-state index contributed by atoms with van der Waals surface area (Å²) in [7, 11) is 0. The Hall–Kier alpha value is -0.0800. The van der Waals surface area contributed by atoms with Crippen LogP contribution in [0.5, 0.6) is 0 Å². The largest absolute Gasteiger partial charge is 0.389 e. The van der Waals surface area contributed by atoms with Gasteiger partial charge in [0.15, 0.2) is 0 Å². The van der Waals surface area contributed by atoms with Crippen molar-refractivity contribution in [1.29, 1.82) is 0 Å². The van der Waals surface area contributed by atoms with E-state index < -0.39 is 5.60 Å². The van der Waals surface area contributed by atoms with Crippen LogP contribution in [0.2, 0.25) is 0 Å². The van der Waals surface area contributed by atoms with Gasteiger partial charge in [0.25, 0.3) is 0 Å². The molecule has 0 aromatic rings. The predicted molar refractivity (Wildman–Crippen MR) is 41.9 cm³/mol. The fraction of sp³-hybridized carbons (Fsp3) is 1.00. The molecule has 0 radical (unpaired) electrons. The maximum Gasteiger partial charge on any atom is 0.0746 e. The third-order valence-corrected chi connectivity index (χ3v) is 2.29. The lowest BCUT2D eigenvalue weighted by Crippen LogP contribution is -2.45. The van der Waals surface area contributed by atoms with E-state index in [1.807, 2.05) is 13.8 Å². The van der Waals surface area contributed by atoms with Crippen LogP contribution in [0.3, 0.4) is 0 Å². The second-order valence-corrected chi connectivity index (χ2v) is 3.85. The van der Waals surface area contributed by atoms with Crippen LogP contribution in [-0.4, -0.2) is 23.3 Å². The van der Waals surface area contributed by atoms with Crippen LogP contribution >= 0.6 is 0 Å². The zero-order valence-electron chi connectivity index (χ0n) is 7.02. The van der Waals surface area contributed by atoms with E-state index >= 15 is 0 Å². The van der Waals surface area contributed by atoms with Crippen molar-refractivity contribution in [1.82, 2.24) is 5.32 Å². The first-order valence-corrected chi connectivity index (χ1v) is 3.97. The molecule has 0 aliphatic carbocycles. The first kappa shape index (κ1) is 8.02. The highest BCUT2D eigenvalue weighted by molar-refractivity contribution is 4.92. The Morgan fingerprint density at radius 3 is 2.30 bits per heavy atom. The summed E-state index contributed by atoms with van der Waals surface area (Å²) in [4.78, 5) is 0. The monoisotopic (exact) mass is 143 g/mol.